The molecule has 1 saturated carbocycles. The Kier molecular flexibility index (Phi) is 5.63. The van der Waals surface area contributed by atoms with Crippen LogP contribution in [0.4, 0.5) is 10.6 Å². The minimum Gasteiger partial charge on any atom is -0.443 e. The number of carbonyl (C=O) groups excluding carboxylic acids is 2. The second-order valence-corrected chi connectivity index (χ2v) is 8.62. The fraction of sp³-hybridized carbons (Fsp3) is 0.579. The molecule has 1 unspecified atom stereocenters. The first-order valence-electron chi connectivity index (χ1n) is 9.27. The van der Waals surface area contributed by atoms with Crippen molar-refractivity contribution in [3.63, 3.8) is 0 Å². The van der Waals surface area contributed by atoms with Gasteiger partial charge in [0.25, 0.3) is 0 Å². The molecule has 0 spiro atoms. The van der Waals surface area contributed by atoms with Crippen LogP contribution in [0, 0.1) is 5.92 Å². The Morgan fingerprint density at radius 3 is 2.71 bits per heavy atom. The lowest BCUT2D eigenvalue weighted by molar-refractivity contribution is 0.0587. The van der Waals surface area contributed by atoms with Gasteiger partial charge in [-0.15, -0.1) is 0 Å². The number of Topliss-reactive ketones (excluding diaryl/α,β-unsaturated/α-hetero) is 1. The molecule has 1 aliphatic rings. The molecular formula is C19H25ClN4O4. The average molecular weight is 409 g/mol. The molecule has 1 N–H and O–H groups in total. The van der Waals surface area contributed by atoms with Crippen LogP contribution < -0.4 is 4.90 Å². The molecule has 9 heteroatoms. The number of hydrogen-bond acceptors (Lipinski definition) is 6. The number of hydrogen-bond donors (Lipinski definition) is 1. The molecule has 2 heterocycles. The third-order valence-electron chi connectivity index (χ3n) is 4.72. The zero-order valence-electron chi connectivity index (χ0n) is 16.5. The van der Waals surface area contributed by atoms with Crippen LogP contribution >= 0.6 is 11.6 Å². The van der Waals surface area contributed by atoms with E-state index in [9.17, 15) is 14.7 Å². The summed E-state index contributed by atoms with van der Waals surface area (Å²) in [4.78, 5) is 30.7. The average Bonchev–Trinajstić information content (AvgIpc) is 3.17. The molecule has 152 valence electrons. The Morgan fingerprint density at radius 1 is 1.39 bits per heavy atom. The molecule has 28 heavy (non-hydrogen) atoms. The summed E-state index contributed by atoms with van der Waals surface area (Å²) < 4.78 is 6.80. The van der Waals surface area contributed by atoms with Gasteiger partial charge in [0.15, 0.2) is 11.4 Å². The Balaban J connectivity index is 1.90. The van der Waals surface area contributed by atoms with Gasteiger partial charge in [-0.05, 0) is 46.0 Å². The fourth-order valence-corrected chi connectivity index (χ4v) is 3.56. The maximum Gasteiger partial charge on any atom is 0.415 e. The van der Waals surface area contributed by atoms with Gasteiger partial charge in [-0.2, -0.15) is 9.61 Å². The van der Waals surface area contributed by atoms with E-state index >= 15 is 0 Å². The van der Waals surface area contributed by atoms with Gasteiger partial charge in [0.1, 0.15) is 16.6 Å². The zero-order valence-corrected chi connectivity index (χ0v) is 17.2. The van der Waals surface area contributed by atoms with Crippen LogP contribution in [0.25, 0.3) is 5.65 Å². The van der Waals surface area contributed by atoms with Crippen molar-refractivity contribution in [3.05, 3.63) is 23.0 Å². The smallest absolute Gasteiger partial charge is 0.415 e. The predicted molar refractivity (Wildman–Crippen MR) is 105 cm³/mol. The van der Waals surface area contributed by atoms with E-state index in [4.69, 9.17) is 16.3 Å². The highest BCUT2D eigenvalue weighted by atomic mass is 35.5. The Morgan fingerprint density at radius 2 is 2.11 bits per heavy atom. The topological polar surface area (TPSA) is 97.0 Å². The normalized spacial score (nSPS) is 19.8. The van der Waals surface area contributed by atoms with Gasteiger partial charge in [-0.25, -0.2) is 9.78 Å². The first-order chi connectivity index (χ1) is 13.0. The monoisotopic (exact) mass is 408 g/mol. The summed E-state index contributed by atoms with van der Waals surface area (Å²) in [5.74, 6) is 0.398. The third kappa shape index (κ3) is 4.44. The number of halogens is 1. The molecule has 1 aliphatic carbocycles. The predicted octanol–water partition coefficient (Wildman–Crippen LogP) is 3.49. The number of aromatic nitrogens is 3. The number of anilines is 1. The third-order valence-corrected chi connectivity index (χ3v) is 4.91. The summed E-state index contributed by atoms with van der Waals surface area (Å²) in [6, 6.07) is 1.49. The molecule has 1 amide bonds. The van der Waals surface area contributed by atoms with Gasteiger partial charge in [0.05, 0.1) is 17.9 Å². The minimum absolute atomic E-state index is 0.102. The molecule has 1 fully saturated rings. The zero-order chi connectivity index (χ0) is 20.6. The number of aliphatic hydroxyl groups is 1. The molecule has 0 bridgehead atoms. The molecule has 2 aromatic rings. The molecule has 0 aromatic carbocycles. The van der Waals surface area contributed by atoms with Crippen molar-refractivity contribution < 1.29 is 19.4 Å². The van der Waals surface area contributed by atoms with Crippen LogP contribution in [-0.4, -0.2) is 50.3 Å². The van der Waals surface area contributed by atoms with E-state index < -0.39 is 11.7 Å². The standard InChI is InChI=1S/C19H25ClN4O4/c1-19(2,3)28-18(27)23(4)16-9-15(20)22-17-13(10-21-24(16)17)14(26)8-11-5-6-12(25)7-11/h9-12,25H,5-8H2,1-4H3/t11?,12-/m1/s1. The molecule has 0 radical (unpaired) electrons. The Hall–Kier alpha value is -2.19. The van der Waals surface area contributed by atoms with Crippen molar-refractivity contribution in [1.82, 2.24) is 14.6 Å². The molecule has 2 atom stereocenters. The quantitative estimate of drug-likeness (QED) is 0.614. The van der Waals surface area contributed by atoms with E-state index in [1.54, 1.807) is 27.8 Å². The van der Waals surface area contributed by atoms with Gasteiger partial charge in [-0.1, -0.05) is 11.6 Å². The highest BCUT2D eigenvalue weighted by molar-refractivity contribution is 6.30. The van der Waals surface area contributed by atoms with Gasteiger partial charge >= 0.3 is 6.09 Å². The van der Waals surface area contributed by atoms with E-state index in [1.165, 1.54) is 21.7 Å². The summed E-state index contributed by atoms with van der Waals surface area (Å²) >= 11 is 6.15. The summed E-state index contributed by atoms with van der Waals surface area (Å²) in [6.45, 7) is 5.33. The number of ether oxygens (including phenoxy) is 1. The summed E-state index contributed by atoms with van der Waals surface area (Å²) in [7, 11) is 1.54. The molecule has 0 saturated heterocycles. The van der Waals surface area contributed by atoms with Crippen LogP contribution in [0.15, 0.2) is 12.3 Å². The maximum atomic E-state index is 12.8. The van der Waals surface area contributed by atoms with Crippen molar-refractivity contribution in [2.45, 2.75) is 58.2 Å². The van der Waals surface area contributed by atoms with Crippen LogP contribution in [0.2, 0.25) is 5.15 Å². The number of nitrogens with zero attached hydrogens (tertiary/aromatic N) is 4. The van der Waals surface area contributed by atoms with Crippen LogP contribution in [-0.2, 0) is 4.74 Å². The largest absolute Gasteiger partial charge is 0.443 e. The van der Waals surface area contributed by atoms with Crippen molar-refractivity contribution >= 4 is 34.9 Å². The first-order valence-corrected chi connectivity index (χ1v) is 9.65. The number of carbonyl (C=O) groups is 2. The number of fused-ring (bicyclic) bond motifs is 1. The summed E-state index contributed by atoms with van der Waals surface area (Å²) in [5.41, 5.74) is -0.0116. The Labute approximate surface area is 168 Å². The Bertz CT molecular complexity index is 905. The lowest BCUT2D eigenvalue weighted by atomic mass is 9.98. The van der Waals surface area contributed by atoms with Crippen LogP contribution in [0.3, 0.4) is 0 Å². The molecule has 0 aliphatic heterocycles. The number of aliphatic hydroxyl groups excluding tert-OH is 1. The van der Waals surface area contributed by atoms with E-state index in [-0.39, 0.29) is 23.0 Å². The van der Waals surface area contributed by atoms with Gasteiger partial charge in [-0.3, -0.25) is 9.69 Å². The molecule has 3 rings (SSSR count). The van der Waals surface area contributed by atoms with E-state index in [2.05, 4.69) is 10.1 Å². The molecule has 8 nitrogen and oxygen atoms in total. The number of rotatable bonds is 4. The highest BCUT2D eigenvalue weighted by Crippen LogP contribution is 2.30. The lowest BCUT2D eigenvalue weighted by Gasteiger charge is -2.24. The van der Waals surface area contributed by atoms with Crippen molar-refractivity contribution in [3.8, 4) is 0 Å². The summed E-state index contributed by atoms with van der Waals surface area (Å²) in [6.07, 6.45) is 3.05. The molecular weight excluding hydrogens is 384 g/mol. The highest BCUT2D eigenvalue weighted by Gasteiger charge is 2.28. The van der Waals surface area contributed by atoms with Crippen molar-refractivity contribution in [2.24, 2.45) is 5.92 Å². The first kappa shape index (κ1) is 20.5. The fourth-order valence-electron chi connectivity index (χ4n) is 3.38. The minimum atomic E-state index is -0.654. The van der Waals surface area contributed by atoms with Crippen molar-refractivity contribution in [2.75, 3.05) is 11.9 Å². The summed E-state index contributed by atoms with van der Waals surface area (Å²) in [5, 5.41) is 14.1. The SMILES string of the molecule is CN(C(=O)OC(C)(C)C)c1cc(Cl)nc2c(C(=O)CC3CC[C@@H](O)C3)cnn12. The van der Waals surface area contributed by atoms with Crippen molar-refractivity contribution in [1.29, 1.82) is 0 Å². The van der Waals surface area contributed by atoms with E-state index in [0.717, 1.165) is 12.8 Å². The number of ketones is 1. The van der Waals surface area contributed by atoms with Gasteiger partial charge < -0.3 is 9.84 Å². The maximum absolute atomic E-state index is 12.8. The number of amides is 1. The second-order valence-electron chi connectivity index (χ2n) is 8.23. The van der Waals surface area contributed by atoms with E-state index in [1.807, 2.05) is 0 Å². The van der Waals surface area contributed by atoms with Gasteiger partial charge in [0.2, 0.25) is 0 Å². The lowest BCUT2D eigenvalue weighted by Crippen LogP contribution is -2.35. The van der Waals surface area contributed by atoms with Crippen LogP contribution in [0.1, 0.15) is 56.8 Å². The van der Waals surface area contributed by atoms with Gasteiger partial charge in [0, 0.05) is 19.5 Å². The van der Waals surface area contributed by atoms with E-state index in [0.29, 0.717) is 29.9 Å². The second kappa shape index (κ2) is 7.67. The molecule has 2 aromatic heterocycles. The van der Waals surface area contributed by atoms with Crippen LogP contribution in [0.5, 0.6) is 0 Å².